The van der Waals surface area contributed by atoms with Gasteiger partial charge in [-0.2, -0.15) is 0 Å². The number of halogens is 1. The highest BCUT2D eigenvalue weighted by Gasteiger charge is 2.31. The molecule has 390 valence electrons. The van der Waals surface area contributed by atoms with Crippen LogP contribution in [0.2, 0.25) is 0 Å². The number of fused-ring (bicyclic) bond motifs is 1. The van der Waals surface area contributed by atoms with Crippen molar-refractivity contribution in [1.82, 2.24) is 35.3 Å². The van der Waals surface area contributed by atoms with Crippen molar-refractivity contribution in [2.45, 2.75) is 98.0 Å². The molecule has 7 amide bonds. The summed E-state index contributed by atoms with van der Waals surface area (Å²) in [5, 5.41) is 42.4. The summed E-state index contributed by atoms with van der Waals surface area (Å²) in [6.07, 6.45) is 3.13. The molecule has 23 heteroatoms. The van der Waals surface area contributed by atoms with Gasteiger partial charge < -0.3 is 66.7 Å². The minimum Gasteiger partial charge on any atom is -0.494 e. The molecule has 0 bridgehead atoms. The van der Waals surface area contributed by atoms with E-state index in [0.717, 1.165) is 6.07 Å². The fourth-order valence-electron chi connectivity index (χ4n) is 8.33. The van der Waals surface area contributed by atoms with Gasteiger partial charge in [0.05, 0.1) is 23.7 Å². The Hall–Kier alpha value is -7.85. The molecule has 5 rings (SSSR count). The number of carbonyl (C=O) groups is 7. The van der Waals surface area contributed by atoms with Crippen molar-refractivity contribution >= 4 is 64.0 Å². The van der Waals surface area contributed by atoms with Crippen molar-refractivity contribution in [1.29, 1.82) is 0 Å². The summed E-state index contributed by atoms with van der Waals surface area (Å²) in [4.78, 5) is 105. The maximum atomic E-state index is 15.4. The lowest BCUT2D eigenvalue weighted by atomic mass is 9.93. The van der Waals surface area contributed by atoms with Crippen LogP contribution in [0.5, 0.6) is 11.8 Å². The molecule has 2 aromatic heterocycles. The molecule has 0 spiro atoms. The monoisotopic (exact) mass is 1000 g/mol. The van der Waals surface area contributed by atoms with E-state index in [9.17, 15) is 53.7 Å². The number of aromatic carboxylic acids is 1. The van der Waals surface area contributed by atoms with E-state index in [0.29, 0.717) is 55.5 Å². The van der Waals surface area contributed by atoms with Gasteiger partial charge in [-0.25, -0.2) is 18.8 Å². The van der Waals surface area contributed by atoms with E-state index in [1.165, 1.54) is 33.9 Å². The molecule has 1 fully saturated rings. The first kappa shape index (κ1) is 55.1. The quantitative estimate of drug-likeness (QED) is 0.0455. The number of piperazine rings is 1. The van der Waals surface area contributed by atoms with Crippen LogP contribution in [-0.4, -0.2) is 122 Å². The molecule has 2 aromatic carbocycles. The topological polar surface area (TPSA) is 309 Å². The Morgan fingerprint density at radius 1 is 0.833 bits per heavy atom. The van der Waals surface area contributed by atoms with E-state index in [1.54, 1.807) is 61.4 Å². The van der Waals surface area contributed by atoms with Gasteiger partial charge in [-0.1, -0.05) is 32.4 Å². The number of pyridine rings is 1. The van der Waals surface area contributed by atoms with Crippen molar-refractivity contribution in [3.05, 3.63) is 81.9 Å². The Bertz CT molecular complexity index is 2630. The number of nitrogens with one attached hydrogen (secondary N) is 5. The highest BCUT2D eigenvalue weighted by molar-refractivity contribution is 5.95. The number of hydrogen-bond acceptors (Lipinski definition) is 12. The zero-order chi connectivity index (χ0) is 52.6. The first-order chi connectivity index (χ1) is 34.3. The van der Waals surface area contributed by atoms with Crippen molar-refractivity contribution in [2.75, 3.05) is 49.5 Å². The summed E-state index contributed by atoms with van der Waals surface area (Å²) in [6, 6.07) is 9.44. The molecular weight excluding hydrogens is 940 g/mol. The van der Waals surface area contributed by atoms with Crippen molar-refractivity contribution < 1.29 is 58.0 Å². The molecular formula is C49H65FN10O12. The first-order valence-electron chi connectivity index (χ1n) is 23.9. The molecule has 3 heterocycles. The van der Waals surface area contributed by atoms with Crippen molar-refractivity contribution in [3.63, 3.8) is 0 Å². The molecule has 0 aliphatic carbocycles. The van der Waals surface area contributed by atoms with Gasteiger partial charge in [0.15, 0.2) is 11.8 Å². The van der Waals surface area contributed by atoms with Gasteiger partial charge in [0.1, 0.15) is 24.0 Å². The van der Waals surface area contributed by atoms with Gasteiger partial charge in [-0.3, -0.25) is 28.5 Å². The lowest BCUT2D eigenvalue weighted by molar-refractivity contribution is -0.131. The summed E-state index contributed by atoms with van der Waals surface area (Å²) in [6.45, 7) is 8.30. The summed E-state index contributed by atoms with van der Waals surface area (Å²) >= 11 is 0. The van der Waals surface area contributed by atoms with Crippen LogP contribution in [0.3, 0.4) is 0 Å². The fourth-order valence-corrected chi connectivity index (χ4v) is 8.33. The number of rotatable bonds is 24. The second kappa shape index (κ2) is 25.8. The SMILES string of the molecule is CCn1cc(C(=O)O)c(=O)c2cc(F)c(N3CCN(C(=O)OCc4ccc(NC(=O)C(CCCNC(N)=O)C(C)NC(=O)C(NC(=O)CNC(=O)CCCCCn5c(O)ccc5O)C(C)C)cc4)CC3)cc21. The van der Waals surface area contributed by atoms with Crippen LogP contribution in [0.25, 0.3) is 10.9 Å². The van der Waals surface area contributed by atoms with Crippen LogP contribution in [0.1, 0.15) is 82.1 Å². The predicted molar refractivity (Wildman–Crippen MR) is 264 cm³/mol. The van der Waals surface area contributed by atoms with Crippen molar-refractivity contribution in [3.8, 4) is 11.8 Å². The summed E-state index contributed by atoms with van der Waals surface area (Å²) in [5.74, 6) is -5.31. The van der Waals surface area contributed by atoms with Gasteiger partial charge in [0, 0.05) is 87.7 Å². The number of carboxylic acids is 1. The van der Waals surface area contributed by atoms with E-state index in [4.69, 9.17) is 10.5 Å². The number of hydrogen-bond donors (Lipinski definition) is 9. The third-order valence-corrected chi connectivity index (χ3v) is 12.4. The molecule has 3 unspecified atom stereocenters. The normalized spacial score (nSPS) is 13.8. The number of aromatic nitrogens is 2. The number of aryl methyl sites for hydroxylation is 1. The highest BCUT2D eigenvalue weighted by atomic mass is 19.1. The first-order valence-corrected chi connectivity index (χ1v) is 23.9. The van der Waals surface area contributed by atoms with Gasteiger partial charge in [0.2, 0.25) is 29.1 Å². The van der Waals surface area contributed by atoms with Crippen molar-refractivity contribution in [2.24, 2.45) is 17.6 Å². The van der Waals surface area contributed by atoms with Crippen LogP contribution < -0.4 is 42.6 Å². The Morgan fingerprint density at radius 3 is 2.14 bits per heavy atom. The molecule has 1 aliphatic rings. The minimum atomic E-state index is -1.40. The molecule has 0 radical (unpaired) electrons. The Labute approximate surface area is 415 Å². The van der Waals surface area contributed by atoms with E-state index >= 15 is 4.39 Å². The average Bonchev–Trinajstić information content (AvgIpc) is 3.66. The number of aromatic hydroxyl groups is 2. The summed E-state index contributed by atoms with van der Waals surface area (Å²) in [5.41, 5.74) is 5.64. The lowest BCUT2D eigenvalue weighted by Gasteiger charge is -2.35. The summed E-state index contributed by atoms with van der Waals surface area (Å²) in [7, 11) is 0. The van der Waals surface area contributed by atoms with Crippen LogP contribution >= 0.6 is 0 Å². The third kappa shape index (κ3) is 15.1. The number of primary amides is 1. The number of nitrogens with zero attached hydrogens (tertiary/aromatic N) is 4. The Morgan fingerprint density at radius 2 is 1.51 bits per heavy atom. The predicted octanol–water partition coefficient (Wildman–Crippen LogP) is 3.56. The van der Waals surface area contributed by atoms with Crippen LogP contribution in [0.15, 0.2) is 59.5 Å². The summed E-state index contributed by atoms with van der Waals surface area (Å²) < 4.78 is 23.9. The smallest absolute Gasteiger partial charge is 0.410 e. The minimum absolute atomic E-state index is 0.0399. The zero-order valence-electron chi connectivity index (χ0n) is 40.9. The number of amides is 7. The number of nitrogens with two attached hydrogens (primary N) is 1. The largest absolute Gasteiger partial charge is 0.494 e. The molecule has 22 nitrogen and oxygen atoms in total. The maximum Gasteiger partial charge on any atom is 0.410 e. The third-order valence-electron chi connectivity index (χ3n) is 12.4. The molecule has 4 aromatic rings. The number of carboxylic acid groups (broad SMARTS) is 1. The fraction of sp³-hybridized carbons (Fsp3) is 0.469. The number of urea groups is 1. The second-order valence-corrected chi connectivity index (χ2v) is 17.9. The van der Waals surface area contributed by atoms with Crippen LogP contribution in [-0.2, 0) is 43.6 Å². The Balaban J connectivity index is 1.09. The Kier molecular flexibility index (Phi) is 19.8. The molecule has 1 saturated heterocycles. The number of ether oxygens (including phenoxy) is 1. The standard InChI is InChI=1S/C49H65FN10O12/c1-5-57-27-35(47(68)69)44(65)34-24-36(50)38(25-37(34)57)58-20-22-59(23-21-58)49(71)72-28-31-12-14-32(15-13-31)55-45(66)33(10-9-18-52-48(51)70)30(4)54-46(67)43(29(2)3)56-40(62)26-53-39(61)11-7-6-8-19-60-41(63)16-17-42(60)64/h12-17,24-25,27,29-30,33,43,63-64H,5-11,18-23,26,28H2,1-4H3,(H,53,61)(H,54,67)(H,55,66)(H,56,62)(H,68,69)(H3,51,52,70). The van der Waals surface area contributed by atoms with E-state index in [2.05, 4.69) is 26.6 Å². The second-order valence-electron chi connectivity index (χ2n) is 17.9. The van der Waals surface area contributed by atoms with E-state index in [-0.39, 0.29) is 93.4 Å². The molecule has 0 saturated carbocycles. The molecule has 3 atom stereocenters. The molecule has 1 aliphatic heterocycles. The van der Waals surface area contributed by atoms with E-state index < -0.39 is 70.6 Å². The highest BCUT2D eigenvalue weighted by Crippen LogP contribution is 2.27. The number of anilines is 2. The van der Waals surface area contributed by atoms with Gasteiger partial charge in [0.25, 0.3) is 0 Å². The lowest BCUT2D eigenvalue weighted by Crippen LogP contribution is -2.55. The van der Waals surface area contributed by atoms with Crippen LogP contribution in [0, 0.1) is 17.7 Å². The molecule has 72 heavy (non-hydrogen) atoms. The average molecular weight is 1010 g/mol. The molecule has 10 N–H and O–H groups in total. The number of unbranched alkanes of at least 4 members (excludes halogenated alkanes) is 2. The maximum absolute atomic E-state index is 15.4. The van der Waals surface area contributed by atoms with Gasteiger partial charge in [-0.05, 0) is 75.3 Å². The van der Waals surface area contributed by atoms with E-state index in [1.807, 2.05) is 0 Å². The van der Waals surface area contributed by atoms with Crippen LogP contribution in [0.4, 0.5) is 25.4 Å². The van der Waals surface area contributed by atoms with Gasteiger partial charge in [-0.15, -0.1) is 0 Å². The van der Waals surface area contributed by atoms with Gasteiger partial charge >= 0.3 is 18.1 Å². The number of benzene rings is 2. The number of carbonyl (C=O) groups excluding carboxylic acids is 6. The zero-order valence-corrected chi connectivity index (χ0v) is 40.9.